The number of aromatic nitrogens is 3. The molecule has 1 spiro atoms. The van der Waals surface area contributed by atoms with Crippen molar-refractivity contribution in [3.05, 3.63) is 53.7 Å². The summed E-state index contributed by atoms with van der Waals surface area (Å²) in [6, 6.07) is 7.81. The number of nitrogens with one attached hydrogen (secondary N) is 2. The van der Waals surface area contributed by atoms with Crippen LogP contribution in [0.15, 0.2) is 36.8 Å². The van der Waals surface area contributed by atoms with Crippen LogP contribution in [0.5, 0.6) is 0 Å². The minimum atomic E-state index is -0.470. The van der Waals surface area contributed by atoms with Crippen LogP contribution < -0.4 is 10.2 Å². The molecule has 5 rings (SSSR count). The Kier molecular flexibility index (Phi) is 4.62. The Bertz CT molecular complexity index is 1190. The highest BCUT2D eigenvalue weighted by Gasteiger charge is 2.55. The molecular weight excluding hydrogens is 395 g/mol. The van der Waals surface area contributed by atoms with Gasteiger partial charge in [0, 0.05) is 30.8 Å². The van der Waals surface area contributed by atoms with E-state index in [2.05, 4.69) is 25.2 Å². The fraction of sp³-hybridized carbons (Fsp3) is 0.391. The number of amides is 1. The maximum atomic E-state index is 14.4. The van der Waals surface area contributed by atoms with Crippen LogP contribution in [0.2, 0.25) is 0 Å². The normalized spacial score (nSPS) is 20.4. The first-order chi connectivity index (χ1) is 15.0. The van der Waals surface area contributed by atoms with E-state index in [9.17, 15) is 9.18 Å². The molecule has 158 valence electrons. The number of carbonyl (C=O) groups is 1. The first kappa shape index (κ1) is 19.5. The number of carbonyl (C=O) groups excluding carboxylic acids is 1. The van der Waals surface area contributed by atoms with E-state index in [1.54, 1.807) is 25.4 Å². The molecule has 2 aliphatic rings. The van der Waals surface area contributed by atoms with Gasteiger partial charge in [-0.15, -0.1) is 0 Å². The molecule has 1 unspecified atom stereocenters. The highest BCUT2D eigenvalue weighted by molar-refractivity contribution is 5.88. The number of rotatable bonds is 4. The molecule has 1 aromatic carbocycles. The number of H-pyrrole nitrogens is 1. The second-order valence-electron chi connectivity index (χ2n) is 8.64. The van der Waals surface area contributed by atoms with E-state index in [1.807, 2.05) is 18.3 Å². The second-order valence-corrected chi connectivity index (χ2v) is 8.64. The Labute approximate surface area is 179 Å². The molecule has 1 saturated heterocycles. The van der Waals surface area contributed by atoms with Crippen LogP contribution in [0.3, 0.4) is 0 Å². The minimum absolute atomic E-state index is 0.0251. The van der Waals surface area contributed by atoms with Gasteiger partial charge in [-0.2, -0.15) is 5.26 Å². The fourth-order valence-electron chi connectivity index (χ4n) is 4.87. The van der Waals surface area contributed by atoms with Crippen molar-refractivity contribution < 1.29 is 9.18 Å². The summed E-state index contributed by atoms with van der Waals surface area (Å²) in [7, 11) is 0. The molecule has 31 heavy (non-hydrogen) atoms. The lowest BCUT2D eigenvalue weighted by Crippen LogP contribution is -2.48. The Morgan fingerprint density at radius 1 is 1.39 bits per heavy atom. The van der Waals surface area contributed by atoms with E-state index >= 15 is 0 Å². The summed E-state index contributed by atoms with van der Waals surface area (Å²) < 4.78 is 14.4. The number of nitriles is 1. The number of hydrogen-bond acceptors (Lipinski definition) is 5. The summed E-state index contributed by atoms with van der Waals surface area (Å²) in [5, 5.41) is 12.9. The monoisotopic (exact) mass is 418 g/mol. The van der Waals surface area contributed by atoms with Crippen LogP contribution in [0.25, 0.3) is 11.0 Å². The molecule has 3 heterocycles. The lowest BCUT2D eigenvalue weighted by Gasteiger charge is -2.39. The van der Waals surface area contributed by atoms with Crippen LogP contribution in [-0.4, -0.2) is 33.9 Å². The quantitative estimate of drug-likeness (QED) is 0.676. The Morgan fingerprint density at radius 3 is 2.97 bits per heavy atom. The first-order valence-corrected chi connectivity index (χ1v) is 10.5. The molecule has 1 amide bonds. The zero-order valence-electron chi connectivity index (χ0n) is 17.2. The van der Waals surface area contributed by atoms with Crippen molar-refractivity contribution in [2.24, 2.45) is 11.3 Å². The van der Waals surface area contributed by atoms with Crippen LogP contribution in [0.4, 0.5) is 10.2 Å². The van der Waals surface area contributed by atoms with Crippen molar-refractivity contribution in [3.63, 3.8) is 0 Å². The third kappa shape index (κ3) is 3.40. The average molecular weight is 418 g/mol. The maximum absolute atomic E-state index is 14.4. The third-order valence-corrected chi connectivity index (χ3v) is 6.73. The van der Waals surface area contributed by atoms with E-state index in [0.29, 0.717) is 5.56 Å². The van der Waals surface area contributed by atoms with Crippen molar-refractivity contribution in [2.45, 2.75) is 32.2 Å². The number of piperidine rings is 1. The predicted molar refractivity (Wildman–Crippen MR) is 114 cm³/mol. The number of hydrogen-bond donors (Lipinski definition) is 2. The van der Waals surface area contributed by atoms with Gasteiger partial charge in [-0.25, -0.2) is 14.4 Å². The molecule has 0 radical (unpaired) electrons. The van der Waals surface area contributed by atoms with Gasteiger partial charge < -0.3 is 15.2 Å². The molecule has 1 saturated carbocycles. The summed E-state index contributed by atoms with van der Waals surface area (Å²) in [6.07, 6.45) is 6.16. The smallest absolute Gasteiger partial charge is 0.224 e. The molecular formula is C23H23FN6O. The zero-order valence-corrected chi connectivity index (χ0v) is 17.2. The summed E-state index contributed by atoms with van der Waals surface area (Å²) in [6.45, 7) is 3.29. The van der Waals surface area contributed by atoms with Gasteiger partial charge in [0.25, 0.3) is 0 Å². The van der Waals surface area contributed by atoms with Gasteiger partial charge in [0.2, 0.25) is 5.91 Å². The minimum Gasteiger partial charge on any atom is -0.355 e. The summed E-state index contributed by atoms with van der Waals surface area (Å²) in [4.78, 5) is 27.3. The second kappa shape index (κ2) is 7.34. The van der Waals surface area contributed by atoms with Gasteiger partial charge in [0.15, 0.2) is 0 Å². The standard InChI is InChI=1S/C23H23FN6O/c1-14(16-3-2-15(11-25)10-19(16)24)29-22(31)18-5-9-30(12-23(18)6-7-23)21-17-4-8-26-20(17)27-13-28-21/h2-4,8,10,13-14,18H,5-7,9,12H2,1H3,(H,29,31)(H,26,27,28)/t14-,18?/m1/s1. The summed E-state index contributed by atoms with van der Waals surface area (Å²) >= 11 is 0. The van der Waals surface area contributed by atoms with Crippen LogP contribution in [-0.2, 0) is 4.79 Å². The Morgan fingerprint density at radius 2 is 2.23 bits per heavy atom. The lowest BCUT2D eigenvalue weighted by molar-refractivity contribution is -0.128. The van der Waals surface area contributed by atoms with Gasteiger partial charge in [-0.05, 0) is 49.8 Å². The number of halogens is 1. The molecule has 2 fully saturated rings. The van der Waals surface area contributed by atoms with E-state index in [-0.39, 0.29) is 22.8 Å². The molecule has 3 aromatic rings. The zero-order chi connectivity index (χ0) is 21.6. The van der Waals surface area contributed by atoms with Crippen molar-refractivity contribution in [1.82, 2.24) is 20.3 Å². The van der Waals surface area contributed by atoms with E-state index in [1.165, 1.54) is 6.07 Å². The highest BCUT2D eigenvalue weighted by Crippen LogP contribution is 2.56. The van der Waals surface area contributed by atoms with Crippen molar-refractivity contribution in [2.75, 3.05) is 18.0 Å². The third-order valence-electron chi connectivity index (χ3n) is 6.73. The predicted octanol–water partition coefficient (Wildman–Crippen LogP) is 3.45. The van der Waals surface area contributed by atoms with E-state index in [4.69, 9.17) is 5.26 Å². The largest absolute Gasteiger partial charge is 0.355 e. The van der Waals surface area contributed by atoms with Crippen molar-refractivity contribution in [3.8, 4) is 6.07 Å². The van der Waals surface area contributed by atoms with Gasteiger partial charge in [-0.1, -0.05) is 6.07 Å². The van der Waals surface area contributed by atoms with E-state index < -0.39 is 11.9 Å². The van der Waals surface area contributed by atoms with Crippen LogP contribution in [0.1, 0.15) is 43.4 Å². The maximum Gasteiger partial charge on any atom is 0.224 e. The van der Waals surface area contributed by atoms with Gasteiger partial charge in [-0.3, -0.25) is 4.79 Å². The summed E-state index contributed by atoms with van der Waals surface area (Å²) in [5.74, 6) is 0.311. The van der Waals surface area contributed by atoms with E-state index in [0.717, 1.165) is 49.2 Å². The fourth-order valence-corrected chi connectivity index (χ4v) is 4.87. The summed E-state index contributed by atoms with van der Waals surface area (Å²) in [5.41, 5.74) is 1.42. The molecule has 8 heteroatoms. The molecule has 7 nitrogen and oxygen atoms in total. The van der Waals surface area contributed by atoms with Crippen molar-refractivity contribution in [1.29, 1.82) is 5.26 Å². The van der Waals surface area contributed by atoms with Crippen LogP contribution in [0, 0.1) is 28.5 Å². The number of fused-ring (bicyclic) bond motifs is 1. The molecule has 0 bridgehead atoms. The number of anilines is 1. The molecule has 1 aliphatic heterocycles. The first-order valence-electron chi connectivity index (χ1n) is 10.5. The molecule has 2 N–H and O–H groups in total. The molecule has 2 atom stereocenters. The SMILES string of the molecule is C[C@@H](NC(=O)C1CCN(c2ncnc3[nH]ccc23)CC12CC2)c1ccc(C#N)cc1F. The number of benzene rings is 1. The van der Waals surface area contributed by atoms with Gasteiger partial charge in [0.05, 0.1) is 23.1 Å². The highest BCUT2D eigenvalue weighted by atomic mass is 19.1. The van der Waals surface area contributed by atoms with Crippen molar-refractivity contribution >= 4 is 22.8 Å². The molecule has 2 aromatic heterocycles. The lowest BCUT2D eigenvalue weighted by atomic mass is 9.81. The number of nitrogens with zero attached hydrogens (tertiary/aromatic N) is 4. The van der Waals surface area contributed by atoms with Crippen LogP contribution >= 0.6 is 0 Å². The number of aromatic amines is 1. The van der Waals surface area contributed by atoms with Gasteiger partial charge >= 0.3 is 0 Å². The average Bonchev–Trinajstić information content (AvgIpc) is 3.34. The Balaban J connectivity index is 1.30. The van der Waals surface area contributed by atoms with Gasteiger partial charge in [0.1, 0.15) is 23.6 Å². The Hall–Kier alpha value is -3.47. The molecule has 1 aliphatic carbocycles. The topological polar surface area (TPSA) is 97.7 Å².